The summed E-state index contributed by atoms with van der Waals surface area (Å²) in [7, 11) is -3.29. The van der Waals surface area contributed by atoms with Crippen molar-refractivity contribution in [3.63, 3.8) is 0 Å². The van der Waals surface area contributed by atoms with Gasteiger partial charge >= 0.3 is 0 Å². The van der Waals surface area contributed by atoms with Crippen molar-refractivity contribution in [2.45, 2.75) is 44.3 Å². The minimum absolute atomic E-state index is 0.0524. The van der Waals surface area contributed by atoms with E-state index in [1.54, 1.807) is 30.3 Å². The number of nitrogens with zero attached hydrogens (tertiary/aromatic N) is 1. The summed E-state index contributed by atoms with van der Waals surface area (Å²) in [6.45, 7) is 7.16. The van der Waals surface area contributed by atoms with Crippen LogP contribution in [0.3, 0.4) is 0 Å². The lowest BCUT2D eigenvalue weighted by Crippen LogP contribution is -2.38. The number of hydrogen-bond donors (Lipinski definition) is 3. The first kappa shape index (κ1) is 24.7. The van der Waals surface area contributed by atoms with E-state index in [-0.39, 0.29) is 18.4 Å². The van der Waals surface area contributed by atoms with Crippen LogP contribution in [0.1, 0.15) is 38.9 Å². The number of aliphatic imine (C=N–C) groups is 1. The van der Waals surface area contributed by atoms with Gasteiger partial charge in [-0.25, -0.2) is 8.42 Å². The van der Waals surface area contributed by atoms with E-state index < -0.39 is 15.9 Å². The summed E-state index contributed by atoms with van der Waals surface area (Å²) < 4.78 is 30.3. The molecule has 1 atom stereocenters. The van der Waals surface area contributed by atoms with Crippen molar-refractivity contribution in [1.82, 2.24) is 10.6 Å². The molecule has 7 nitrogen and oxygen atoms in total. The quantitative estimate of drug-likeness (QED) is 0.278. The molecule has 8 heteroatoms. The van der Waals surface area contributed by atoms with Crippen molar-refractivity contribution >= 4 is 15.8 Å². The minimum Gasteiger partial charge on any atom is -0.491 e. The van der Waals surface area contributed by atoms with Gasteiger partial charge in [-0.1, -0.05) is 30.3 Å². The molecule has 0 amide bonds. The number of guanidine groups is 1. The molecule has 1 unspecified atom stereocenters. The molecule has 0 aliphatic heterocycles. The molecule has 3 N–H and O–H groups in total. The second-order valence-electron chi connectivity index (χ2n) is 7.38. The van der Waals surface area contributed by atoms with Crippen LogP contribution >= 0.6 is 0 Å². The van der Waals surface area contributed by atoms with Gasteiger partial charge in [0.05, 0.1) is 29.4 Å². The second kappa shape index (κ2) is 12.3. The molecule has 2 aromatic rings. The lowest BCUT2D eigenvalue weighted by atomic mass is 10.1. The highest BCUT2D eigenvalue weighted by molar-refractivity contribution is 7.91. The maximum atomic E-state index is 12.3. The Balaban J connectivity index is 1.85. The van der Waals surface area contributed by atoms with Gasteiger partial charge in [-0.3, -0.25) is 4.99 Å². The van der Waals surface area contributed by atoms with Crippen molar-refractivity contribution in [2.75, 3.05) is 25.4 Å². The number of benzene rings is 2. The number of nitrogens with one attached hydrogen (secondary N) is 2. The smallest absolute Gasteiger partial charge is 0.191 e. The first-order valence-electron chi connectivity index (χ1n) is 10.6. The van der Waals surface area contributed by atoms with Crippen molar-refractivity contribution in [1.29, 1.82) is 0 Å². The molecule has 0 aliphatic carbocycles. The van der Waals surface area contributed by atoms with Crippen LogP contribution in [0.15, 0.2) is 64.5 Å². The molecule has 2 aromatic carbocycles. The largest absolute Gasteiger partial charge is 0.491 e. The van der Waals surface area contributed by atoms with Crippen LogP contribution < -0.4 is 15.4 Å². The zero-order valence-electron chi connectivity index (χ0n) is 18.4. The molecule has 0 bridgehead atoms. The standard InChI is InChI=1S/C23H33N3O4S/c1-4-24-23(25-15-8-16-31(28,29)21-9-6-5-7-10-21)26-17-22(27)19-11-13-20(14-12-19)30-18(2)3/h5-7,9-14,18,22,27H,4,8,15-17H2,1-3H3,(H2,24,25,26). The molecule has 0 saturated carbocycles. The lowest BCUT2D eigenvalue weighted by molar-refractivity contribution is 0.186. The molecule has 0 aromatic heterocycles. The fraction of sp³-hybridized carbons (Fsp3) is 0.435. The highest BCUT2D eigenvalue weighted by atomic mass is 32.2. The van der Waals surface area contributed by atoms with Crippen LogP contribution in [0.4, 0.5) is 0 Å². The fourth-order valence-electron chi connectivity index (χ4n) is 2.88. The average Bonchev–Trinajstić information content (AvgIpc) is 2.75. The Hall–Kier alpha value is -2.58. The summed E-state index contributed by atoms with van der Waals surface area (Å²) in [5.74, 6) is 1.35. The zero-order valence-corrected chi connectivity index (χ0v) is 19.2. The van der Waals surface area contributed by atoms with Crippen LogP contribution in [0, 0.1) is 0 Å². The maximum absolute atomic E-state index is 12.3. The summed E-state index contributed by atoms with van der Waals surface area (Å²) in [6, 6.07) is 15.8. The average molecular weight is 448 g/mol. The number of rotatable bonds is 11. The Labute approximate surface area is 185 Å². The first-order valence-corrected chi connectivity index (χ1v) is 12.2. The third-order valence-electron chi connectivity index (χ3n) is 4.39. The maximum Gasteiger partial charge on any atom is 0.191 e. The van der Waals surface area contributed by atoms with Gasteiger partial charge in [-0.05, 0) is 57.0 Å². The Bertz CT molecular complexity index is 914. The van der Waals surface area contributed by atoms with Crippen LogP contribution in [-0.4, -0.2) is 51.0 Å². The third kappa shape index (κ3) is 8.59. The number of hydrogen-bond acceptors (Lipinski definition) is 5. The van der Waals surface area contributed by atoms with E-state index in [0.717, 1.165) is 11.3 Å². The predicted octanol–water partition coefficient (Wildman–Crippen LogP) is 2.93. The SMILES string of the molecule is CCNC(=NCC(O)c1ccc(OC(C)C)cc1)NCCCS(=O)(=O)c1ccccc1. The fourth-order valence-corrected chi connectivity index (χ4v) is 4.21. The number of aliphatic hydroxyl groups is 1. The number of ether oxygens (including phenoxy) is 1. The van der Waals surface area contributed by atoms with Gasteiger partial charge in [0.1, 0.15) is 5.75 Å². The summed E-state index contributed by atoms with van der Waals surface area (Å²) in [6.07, 6.45) is -0.208. The molecule has 0 saturated heterocycles. The lowest BCUT2D eigenvalue weighted by Gasteiger charge is -2.14. The zero-order chi connectivity index (χ0) is 22.7. The summed E-state index contributed by atoms with van der Waals surface area (Å²) >= 11 is 0. The third-order valence-corrected chi connectivity index (χ3v) is 6.20. The van der Waals surface area contributed by atoms with E-state index in [9.17, 15) is 13.5 Å². The summed E-state index contributed by atoms with van der Waals surface area (Å²) in [5, 5.41) is 16.7. The normalized spacial score (nSPS) is 13.1. The van der Waals surface area contributed by atoms with E-state index >= 15 is 0 Å². The van der Waals surface area contributed by atoms with E-state index in [1.165, 1.54) is 0 Å². The van der Waals surface area contributed by atoms with Gasteiger partial charge in [0.2, 0.25) is 0 Å². The molecule has 0 aliphatic rings. The highest BCUT2D eigenvalue weighted by Gasteiger charge is 2.13. The van der Waals surface area contributed by atoms with E-state index in [1.807, 2.05) is 45.0 Å². The monoisotopic (exact) mass is 447 g/mol. The van der Waals surface area contributed by atoms with Crippen molar-refractivity contribution in [3.8, 4) is 5.75 Å². The molecule has 0 fully saturated rings. The topological polar surface area (TPSA) is 100 Å². The molecule has 31 heavy (non-hydrogen) atoms. The predicted molar refractivity (Wildman–Crippen MR) is 124 cm³/mol. The van der Waals surface area contributed by atoms with Gasteiger partial charge in [0.25, 0.3) is 0 Å². The Morgan fingerprint density at radius 2 is 1.74 bits per heavy atom. The molecular weight excluding hydrogens is 414 g/mol. The summed E-state index contributed by atoms with van der Waals surface area (Å²) in [5.41, 5.74) is 0.754. The van der Waals surface area contributed by atoms with Crippen LogP contribution in [0.2, 0.25) is 0 Å². The van der Waals surface area contributed by atoms with Crippen molar-refractivity contribution in [2.24, 2.45) is 4.99 Å². The van der Waals surface area contributed by atoms with Gasteiger partial charge < -0.3 is 20.5 Å². The van der Waals surface area contributed by atoms with Gasteiger partial charge in [-0.2, -0.15) is 0 Å². The Morgan fingerprint density at radius 3 is 2.35 bits per heavy atom. The van der Waals surface area contributed by atoms with Gasteiger partial charge in [0, 0.05) is 13.1 Å². The number of sulfone groups is 1. The minimum atomic E-state index is -3.29. The van der Waals surface area contributed by atoms with E-state index in [0.29, 0.717) is 30.4 Å². The first-order chi connectivity index (χ1) is 14.8. The van der Waals surface area contributed by atoms with Crippen molar-refractivity contribution < 1.29 is 18.3 Å². The van der Waals surface area contributed by atoms with Crippen LogP contribution in [0.25, 0.3) is 0 Å². The second-order valence-corrected chi connectivity index (χ2v) is 9.49. The molecule has 170 valence electrons. The van der Waals surface area contributed by atoms with E-state index in [4.69, 9.17) is 4.74 Å². The van der Waals surface area contributed by atoms with Gasteiger partial charge in [-0.15, -0.1) is 0 Å². The van der Waals surface area contributed by atoms with Crippen LogP contribution in [0.5, 0.6) is 5.75 Å². The van der Waals surface area contributed by atoms with Crippen molar-refractivity contribution in [3.05, 3.63) is 60.2 Å². The highest BCUT2D eigenvalue weighted by Crippen LogP contribution is 2.19. The molecule has 2 rings (SSSR count). The Kier molecular flexibility index (Phi) is 9.81. The molecule has 0 heterocycles. The van der Waals surface area contributed by atoms with E-state index in [2.05, 4.69) is 15.6 Å². The molecule has 0 radical (unpaired) electrons. The number of aliphatic hydroxyl groups excluding tert-OH is 1. The molecular formula is C23H33N3O4S. The Morgan fingerprint density at radius 1 is 1.06 bits per heavy atom. The van der Waals surface area contributed by atoms with Gasteiger partial charge in [0.15, 0.2) is 15.8 Å². The molecule has 0 spiro atoms. The summed E-state index contributed by atoms with van der Waals surface area (Å²) in [4.78, 5) is 4.75. The van der Waals surface area contributed by atoms with Crippen LogP contribution in [-0.2, 0) is 9.84 Å².